The first-order valence-electron chi connectivity index (χ1n) is 14.1. The SMILES string of the molecule is CC(CCC(=O)NCCS(=O)(=O)O)C1CCC2C3CCC4CC(OS(=O)(=O)O)CCC4(C)C3CC(O)C12C. The molecule has 1 amide bonds. The minimum atomic E-state index is -4.47. The Hall–Kier alpha value is -0.790. The predicted molar refractivity (Wildman–Crippen MR) is 141 cm³/mol. The molecular formula is C26H45NO9S2. The molecule has 0 aromatic carbocycles. The van der Waals surface area contributed by atoms with Crippen LogP contribution in [-0.2, 0) is 29.5 Å². The highest BCUT2D eigenvalue weighted by Crippen LogP contribution is 2.68. The van der Waals surface area contributed by atoms with Crippen molar-refractivity contribution in [1.82, 2.24) is 5.32 Å². The average molecular weight is 580 g/mol. The zero-order valence-electron chi connectivity index (χ0n) is 22.7. The van der Waals surface area contributed by atoms with Crippen molar-refractivity contribution in [2.75, 3.05) is 12.3 Å². The van der Waals surface area contributed by atoms with E-state index >= 15 is 0 Å². The van der Waals surface area contributed by atoms with Gasteiger partial charge in [0, 0.05) is 13.0 Å². The largest absolute Gasteiger partial charge is 0.397 e. The summed E-state index contributed by atoms with van der Waals surface area (Å²) in [5, 5.41) is 14.2. The van der Waals surface area contributed by atoms with E-state index in [1.54, 1.807) is 0 Å². The van der Waals surface area contributed by atoms with Crippen molar-refractivity contribution in [3.8, 4) is 0 Å². The van der Waals surface area contributed by atoms with E-state index < -0.39 is 38.5 Å². The molecule has 0 saturated heterocycles. The fourth-order valence-corrected chi connectivity index (χ4v) is 10.2. The summed E-state index contributed by atoms with van der Waals surface area (Å²) >= 11 is 0. The minimum Gasteiger partial charge on any atom is -0.393 e. The van der Waals surface area contributed by atoms with Gasteiger partial charge in [-0.3, -0.25) is 13.9 Å². The Morgan fingerprint density at radius 3 is 2.39 bits per heavy atom. The number of hydrogen-bond donors (Lipinski definition) is 4. The molecule has 0 aromatic heterocycles. The minimum absolute atomic E-state index is 0.00808. The Labute approximate surface area is 227 Å². The number of aliphatic hydroxyl groups excluding tert-OH is 1. The van der Waals surface area contributed by atoms with Gasteiger partial charge in [0.1, 0.15) is 0 Å². The van der Waals surface area contributed by atoms with Gasteiger partial charge in [0.15, 0.2) is 0 Å². The molecule has 4 N–H and O–H groups in total. The number of amides is 1. The number of carbonyl (C=O) groups is 1. The van der Waals surface area contributed by atoms with Crippen LogP contribution >= 0.6 is 0 Å². The van der Waals surface area contributed by atoms with Gasteiger partial charge < -0.3 is 10.4 Å². The van der Waals surface area contributed by atoms with Crippen LogP contribution in [-0.4, -0.2) is 61.5 Å². The van der Waals surface area contributed by atoms with Gasteiger partial charge in [-0.15, -0.1) is 0 Å². The summed E-state index contributed by atoms with van der Waals surface area (Å²) in [7, 11) is -8.57. The van der Waals surface area contributed by atoms with E-state index in [0.717, 1.165) is 38.5 Å². The molecule has 0 aliphatic heterocycles. The second-order valence-electron chi connectivity index (χ2n) is 13.0. The predicted octanol–water partition coefficient (Wildman–Crippen LogP) is 3.22. The molecule has 38 heavy (non-hydrogen) atoms. The first-order chi connectivity index (χ1) is 17.5. The molecule has 10 atom stereocenters. The van der Waals surface area contributed by atoms with Gasteiger partial charge in [0.25, 0.3) is 10.1 Å². The summed E-state index contributed by atoms with van der Waals surface area (Å²) in [5.74, 6) is 1.35. The van der Waals surface area contributed by atoms with Crippen LogP contribution in [0.2, 0.25) is 0 Å². The average Bonchev–Trinajstić information content (AvgIpc) is 3.15. The van der Waals surface area contributed by atoms with E-state index in [9.17, 15) is 26.7 Å². The van der Waals surface area contributed by atoms with Gasteiger partial charge in [0.05, 0.1) is 18.0 Å². The zero-order valence-corrected chi connectivity index (χ0v) is 24.3. The number of rotatable bonds is 9. The lowest BCUT2D eigenvalue weighted by atomic mass is 9.43. The Morgan fingerprint density at radius 1 is 1.03 bits per heavy atom. The quantitative estimate of drug-likeness (QED) is 0.300. The highest BCUT2D eigenvalue weighted by Gasteiger charge is 2.63. The van der Waals surface area contributed by atoms with Gasteiger partial charge in [0.2, 0.25) is 5.91 Å². The smallest absolute Gasteiger partial charge is 0.393 e. The summed E-state index contributed by atoms with van der Waals surface area (Å²) in [6.07, 6.45) is 6.85. The van der Waals surface area contributed by atoms with Gasteiger partial charge in [-0.2, -0.15) is 16.8 Å². The van der Waals surface area contributed by atoms with Crippen molar-refractivity contribution < 1.29 is 40.0 Å². The van der Waals surface area contributed by atoms with Crippen molar-refractivity contribution in [1.29, 1.82) is 0 Å². The van der Waals surface area contributed by atoms with Crippen LogP contribution in [0.4, 0.5) is 0 Å². The van der Waals surface area contributed by atoms with Crippen LogP contribution in [0, 0.1) is 46.3 Å². The lowest BCUT2D eigenvalue weighted by Gasteiger charge is -2.62. The molecule has 4 aliphatic rings. The van der Waals surface area contributed by atoms with Crippen LogP contribution in [0.15, 0.2) is 0 Å². The second-order valence-corrected chi connectivity index (χ2v) is 15.7. The number of nitrogens with one attached hydrogen (secondary N) is 1. The Bertz CT molecular complexity index is 1100. The fraction of sp³-hybridized carbons (Fsp3) is 0.962. The Morgan fingerprint density at radius 2 is 1.74 bits per heavy atom. The topological polar surface area (TPSA) is 167 Å². The lowest BCUT2D eigenvalue weighted by Crippen LogP contribution is -2.59. The van der Waals surface area contributed by atoms with E-state index in [-0.39, 0.29) is 35.6 Å². The third-order valence-electron chi connectivity index (χ3n) is 11.2. The molecule has 0 bridgehead atoms. The Kier molecular flexibility index (Phi) is 8.65. The Balaban J connectivity index is 1.39. The van der Waals surface area contributed by atoms with Crippen molar-refractivity contribution in [2.45, 2.75) is 97.2 Å². The standard InChI is InChI=1S/C26H45NO9S2/c1-16(4-9-24(29)27-12-13-37(30,31)32)20-7-8-21-19-6-5-17-14-18(36-38(33,34)35)10-11-25(17,2)22(19)15-23(28)26(20,21)3/h16-23,28H,4-15H2,1-3H3,(H,27,29)(H,30,31,32)(H,33,34,35). The number of fused-ring (bicyclic) bond motifs is 5. The molecule has 4 fully saturated rings. The normalized spacial score (nSPS) is 42.0. The first-order valence-corrected chi connectivity index (χ1v) is 17.1. The van der Waals surface area contributed by atoms with Crippen LogP contribution in [0.3, 0.4) is 0 Å². The van der Waals surface area contributed by atoms with E-state index in [2.05, 4.69) is 26.1 Å². The molecule has 220 valence electrons. The van der Waals surface area contributed by atoms with Gasteiger partial charge in [-0.1, -0.05) is 20.8 Å². The van der Waals surface area contributed by atoms with Crippen LogP contribution < -0.4 is 5.32 Å². The highest BCUT2D eigenvalue weighted by atomic mass is 32.3. The maximum Gasteiger partial charge on any atom is 0.397 e. The number of hydrogen-bond acceptors (Lipinski definition) is 7. The maximum absolute atomic E-state index is 12.2. The summed E-state index contributed by atoms with van der Waals surface area (Å²) in [5.41, 5.74) is -0.218. The van der Waals surface area contributed by atoms with E-state index in [1.807, 2.05) is 0 Å². The molecule has 10 nitrogen and oxygen atoms in total. The van der Waals surface area contributed by atoms with Crippen LogP contribution in [0.5, 0.6) is 0 Å². The fourth-order valence-electron chi connectivity index (χ4n) is 9.37. The zero-order chi connectivity index (χ0) is 28.1. The van der Waals surface area contributed by atoms with E-state index in [4.69, 9.17) is 13.3 Å². The second kappa shape index (κ2) is 10.9. The van der Waals surface area contributed by atoms with Gasteiger partial charge in [-0.25, -0.2) is 4.18 Å². The summed E-state index contributed by atoms with van der Waals surface area (Å²) in [6.45, 7) is 6.59. The van der Waals surface area contributed by atoms with Crippen LogP contribution in [0.25, 0.3) is 0 Å². The summed E-state index contributed by atoms with van der Waals surface area (Å²) < 4.78 is 67.2. The highest BCUT2D eigenvalue weighted by molar-refractivity contribution is 7.85. The van der Waals surface area contributed by atoms with Crippen molar-refractivity contribution in [3.63, 3.8) is 0 Å². The van der Waals surface area contributed by atoms with Crippen molar-refractivity contribution in [2.24, 2.45) is 46.3 Å². The third kappa shape index (κ3) is 6.10. The molecule has 4 aliphatic carbocycles. The van der Waals surface area contributed by atoms with E-state index in [0.29, 0.717) is 48.9 Å². The molecule has 4 saturated carbocycles. The van der Waals surface area contributed by atoms with E-state index in [1.165, 1.54) is 0 Å². The maximum atomic E-state index is 12.2. The molecule has 0 radical (unpaired) electrons. The first kappa shape index (κ1) is 30.2. The molecule has 0 heterocycles. The molecule has 10 unspecified atom stereocenters. The number of aliphatic hydroxyl groups is 1. The van der Waals surface area contributed by atoms with Crippen molar-refractivity contribution >= 4 is 26.4 Å². The molecule has 4 rings (SSSR count). The van der Waals surface area contributed by atoms with Crippen LogP contribution in [0.1, 0.15) is 85.0 Å². The molecular weight excluding hydrogens is 534 g/mol. The third-order valence-corrected chi connectivity index (χ3v) is 12.5. The molecule has 0 spiro atoms. The summed E-state index contributed by atoms with van der Waals surface area (Å²) in [6, 6.07) is 0. The van der Waals surface area contributed by atoms with Gasteiger partial charge >= 0.3 is 10.4 Å². The van der Waals surface area contributed by atoms with Gasteiger partial charge in [-0.05, 0) is 104 Å². The van der Waals surface area contributed by atoms with Crippen molar-refractivity contribution in [3.05, 3.63) is 0 Å². The monoisotopic (exact) mass is 579 g/mol. The lowest BCUT2D eigenvalue weighted by molar-refractivity contribution is -0.173. The number of carbonyl (C=O) groups excluding carboxylic acids is 1. The summed E-state index contributed by atoms with van der Waals surface area (Å²) in [4.78, 5) is 12.2. The molecule has 0 aromatic rings. The molecule has 12 heteroatoms.